The monoisotopic (exact) mass is 406 g/mol. The first-order chi connectivity index (χ1) is 14.5. The van der Waals surface area contributed by atoms with Crippen molar-refractivity contribution in [3.8, 4) is 0 Å². The lowest BCUT2D eigenvalue weighted by atomic mass is 10.0. The molecule has 3 N–H and O–H groups in total. The van der Waals surface area contributed by atoms with Crippen LogP contribution in [0.5, 0.6) is 0 Å². The lowest BCUT2D eigenvalue weighted by molar-refractivity contribution is 0.0999. The largest absolute Gasteiger partial charge is 0.366 e. The quantitative estimate of drug-likeness (QED) is 0.651. The standard InChI is InChI=1S/C22H23FN6O/c1-3-18-21(25-12-14-6-4-7-15(23)11-14)26-22(28-27-18)29-13(2)10-17-16(20(24)30)8-5-9-19(17)29/h4-9,11,13H,3,10,12H2,1-2H3,(H2,24,30)(H,25,26,28). The van der Waals surface area contributed by atoms with E-state index in [9.17, 15) is 9.18 Å². The highest BCUT2D eigenvalue weighted by molar-refractivity contribution is 5.97. The zero-order valence-corrected chi connectivity index (χ0v) is 16.9. The number of benzene rings is 2. The molecule has 2 aromatic carbocycles. The number of carbonyl (C=O) groups excluding carboxylic acids is 1. The molecule has 1 unspecified atom stereocenters. The highest BCUT2D eigenvalue weighted by Crippen LogP contribution is 2.38. The van der Waals surface area contributed by atoms with Gasteiger partial charge in [0.1, 0.15) is 11.5 Å². The maximum absolute atomic E-state index is 13.5. The van der Waals surface area contributed by atoms with E-state index >= 15 is 0 Å². The zero-order valence-electron chi connectivity index (χ0n) is 16.9. The van der Waals surface area contributed by atoms with Crippen LogP contribution in [0.25, 0.3) is 0 Å². The summed E-state index contributed by atoms with van der Waals surface area (Å²) in [5.41, 5.74) is 9.36. The first-order valence-electron chi connectivity index (χ1n) is 9.90. The van der Waals surface area contributed by atoms with Crippen LogP contribution in [0, 0.1) is 5.82 Å². The number of nitrogens with zero attached hydrogens (tertiary/aromatic N) is 4. The third-order valence-corrected chi connectivity index (χ3v) is 5.26. The molecule has 1 amide bonds. The predicted octanol–water partition coefficient (Wildman–Crippen LogP) is 3.37. The third-order valence-electron chi connectivity index (χ3n) is 5.26. The molecule has 0 fully saturated rings. The van der Waals surface area contributed by atoms with Crippen LogP contribution in [-0.4, -0.2) is 27.1 Å². The molecule has 0 bridgehead atoms. The molecule has 1 aliphatic heterocycles. The van der Waals surface area contributed by atoms with E-state index in [0.29, 0.717) is 36.7 Å². The Labute approximate surface area is 174 Å². The topological polar surface area (TPSA) is 97.0 Å². The van der Waals surface area contributed by atoms with E-state index in [1.807, 2.05) is 30.9 Å². The van der Waals surface area contributed by atoms with Gasteiger partial charge in [-0.05, 0) is 55.2 Å². The van der Waals surface area contributed by atoms with Crippen LogP contribution >= 0.6 is 0 Å². The summed E-state index contributed by atoms with van der Waals surface area (Å²) in [4.78, 5) is 18.5. The Hall–Kier alpha value is -3.55. The van der Waals surface area contributed by atoms with E-state index < -0.39 is 5.91 Å². The molecule has 4 rings (SSSR count). The first-order valence-corrected chi connectivity index (χ1v) is 9.90. The van der Waals surface area contributed by atoms with Crippen molar-refractivity contribution in [2.24, 2.45) is 5.73 Å². The second-order valence-corrected chi connectivity index (χ2v) is 7.33. The van der Waals surface area contributed by atoms with Crippen molar-refractivity contribution in [3.63, 3.8) is 0 Å². The number of primary amides is 1. The molecule has 0 radical (unpaired) electrons. The van der Waals surface area contributed by atoms with Crippen LogP contribution in [0.3, 0.4) is 0 Å². The van der Waals surface area contributed by atoms with Gasteiger partial charge in [0.2, 0.25) is 5.91 Å². The van der Waals surface area contributed by atoms with Crippen molar-refractivity contribution in [3.05, 3.63) is 70.7 Å². The summed E-state index contributed by atoms with van der Waals surface area (Å²) in [6.45, 7) is 4.44. The molecule has 2 heterocycles. The van der Waals surface area contributed by atoms with E-state index in [-0.39, 0.29) is 11.9 Å². The van der Waals surface area contributed by atoms with Gasteiger partial charge in [-0.15, -0.1) is 10.2 Å². The Bertz CT molecular complexity index is 1100. The number of aromatic nitrogens is 3. The summed E-state index contributed by atoms with van der Waals surface area (Å²) in [6, 6.07) is 11.9. The predicted molar refractivity (Wildman–Crippen MR) is 113 cm³/mol. The Balaban J connectivity index is 1.67. The van der Waals surface area contributed by atoms with Crippen LogP contribution in [0.2, 0.25) is 0 Å². The Morgan fingerprint density at radius 1 is 1.27 bits per heavy atom. The van der Waals surface area contributed by atoms with Gasteiger partial charge in [-0.1, -0.05) is 25.1 Å². The van der Waals surface area contributed by atoms with Gasteiger partial charge >= 0.3 is 0 Å². The summed E-state index contributed by atoms with van der Waals surface area (Å²) >= 11 is 0. The number of rotatable bonds is 6. The molecule has 3 aromatic rings. The van der Waals surface area contributed by atoms with Crippen LogP contribution < -0.4 is 16.0 Å². The number of amides is 1. The van der Waals surface area contributed by atoms with Crippen LogP contribution in [0.4, 0.5) is 21.8 Å². The van der Waals surface area contributed by atoms with Gasteiger partial charge in [-0.2, -0.15) is 4.98 Å². The highest BCUT2D eigenvalue weighted by atomic mass is 19.1. The van der Waals surface area contributed by atoms with Crippen LogP contribution in [0.15, 0.2) is 42.5 Å². The molecule has 7 nitrogen and oxygen atoms in total. The summed E-state index contributed by atoms with van der Waals surface area (Å²) in [7, 11) is 0. The second kappa shape index (κ2) is 8.06. The molecule has 0 spiro atoms. The number of hydrogen-bond donors (Lipinski definition) is 2. The first kappa shape index (κ1) is 19.8. The lowest BCUT2D eigenvalue weighted by Crippen LogP contribution is -2.27. The minimum absolute atomic E-state index is 0.0471. The molecule has 8 heteroatoms. The number of aryl methyl sites for hydroxylation is 1. The molecular weight excluding hydrogens is 383 g/mol. The maximum atomic E-state index is 13.5. The molecule has 0 aliphatic carbocycles. The maximum Gasteiger partial charge on any atom is 0.252 e. The van der Waals surface area contributed by atoms with E-state index in [1.165, 1.54) is 12.1 Å². The molecule has 0 saturated carbocycles. The normalized spacial score (nSPS) is 15.2. The third kappa shape index (κ3) is 3.68. The van der Waals surface area contributed by atoms with Crippen molar-refractivity contribution < 1.29 is 9.18 Å². The fourth-order valence-electron chi connectivity index (χ4n) is 3.83. The Morgan fingerprint density at radius 2 is 2.07 bits per heavy atom. The molecule has 30 heavy (non-hydrogen) atoms. The Kier molecular flexibility index (Phi) is 5.31. The number of nitrogens with one attached hydrogen (secondary N) is 1. The number of anilines is 3. The van der Waals surface area contributed by atoms with E-state index in [4.69, 9.17) is 10.7 Å². The van der Waals surface area contributed by atoms with Crippen LogP contribution in [0.1, 0.15) is 41.0 Å². The molecule has 1 atom stereocenters. The van der Waals surface area contributed by atoms with E-state index in [0.717, 1.165) is 22.5 Å². The van der Waals surface area contributed by atoms with E-state index in [1.54, 1.807) is 18.2 Å². The SMILES string of the molecule is CCc1nnc(N2c3cccc(C(N)=O)c3CC2C)nc1NCc1cccc(F)c1. The minimum Gasteiger partial charge on any atom is -0.366 e. The number of nitrogens with two attached hydrogens (primary N) is 1. The van der Waals surface area contributed by atoms with Crippen molar-refractivity contribution >= 4 is 23.4 Å². The average molecular weight is 406 g/mol. The van der Waals surface area contributed by atoms with Crippen molar-refractivity contribution in [1.29, 1.82) is 0 Å². The van der Waals surface area contributed by atoms with Gasteiger partial charge in [0.05, 0.1) is 0 Å². The summed E-state index contributed by atoms with van der Waals surface area (Å²) in [5.74, 6) is 0.332. The molecule has 154 valence electrons. The Morgan fingerprint density at radius 3 is 2.80 bits per heavy atom. The van der Waals surface area contributed by atoms with Gasteiger partial charge in [0, 0.05) is 23.8 Å². The fraction of sp³-hybridized carbons (Fsp3) is 0.273. The number of fused-ring (bicyclic) bond motifs is 1. The summed E-state index contributed by atoms with van der Waals surface area (Å²) in [5, 5.41) is 11.9. The number of carbonyl (C=O) groups is 1. The number of hydrogen-bond acceptors (Lipinski definition) is 6. The highest BCUT2D eigenvalue weighted by Gasteiger charge is 2.32. The van der Waals surface area contributed by atoms with E-state index in [2.05, 4.69) is 15.5 Å². The fourth-order valence-corrected chi connectivity index (χ4v) is 3.83. The second-order valence-electron chi connectivity index (χ2n) is 7.33. The summed E-state index contributed by atoms with van der Waals surface area (Å²) < 4.78 is 13.5. The zero-order chi connectivity index (χ0) is 21.3. The lowest BCUT2D eigenvalue weighted by Gasteiger charge is -2.23. The molecule has 0 saturated heterocycles. The smallest absolute Gasteiger partial charge is 0.252 e. The van der Waals surface area contributed by atoms with Crippen molar-refractivity contribution in [2.75, 3.05) is 10.2 Å². The van der Waals surface area contributed by atoms with Crippen molar-refractivity contribution in [1.82, 2.24) is 15.2 Å². The van der Waals surface area contributed by atoms with Gasteiger partial charge in [-0.25, -0.2) is 4.39 Å². The minimum atomic E-state index is -0.446. The van der Waals surface area contributed by atoms with Gasteiger partial charge in [0.15, 0.2) is 5.82 Å². The van der Waals surface area contributed by atoms with Gasteiger partial charge in [0.25, 0.3) is 5.95 Å². The summed E-state index contributed by atoms with van der Waals surface area (Å²) in [6.07, 6.45) is 1.32. The molecular formula is C22H23FN6O. The van der Waals surface area contributed by atoms with Crippen LogP contribution in [-0.2, 0) is 19.4 Å². The molecule has 1 aliphatic rings. The molecule has 1 aromatic heterocycles. The average Bonchev–Trinajstić information content (AvgIpc) is 3.07. The van der Waals surface area contributed by atoms with Gasteiger partial charge < -0.3 is 16.0 Å². The van der Waals surface area contributed by atoms with Gasteiger partial charge in [-0.3, -0.25) is 4.79 Å². The van der Waals surface area contributed by atoms with Crippen molar-refractivity contribution in [2.45, 2.75) is 39.3 Å². The number of halogens is 1.